The first-order chi connectivity index (χ1) is 6.07. The molecule has 0 aliphatic rings. The number of phenols is 1. The Kier molecular flexibility index (Phi) is 2.91. The van der Waals surface area contributed by atoms with Gasteiger partial charge in [0.05, 0.1) is 5.56 Å². The summed E-state index contributed by atoms with van der Waals surface area (Å²) in [5.41, 5.74) is 6.45. The van der Waals surface area contributed by atoms with Crippen LogP contribution >= 0.6 is 15.9 Å². The Labute approximate surface area is 84.9 Å². The monoisotopic (exact) mass is 240 g/mol. The van der Waals surface area contributed by atoms with Crippen molar-refractivity contribution < 1.29 is 5.11 Å². The first-order valence-corrected chi connectivity index (χ1v) is 4.54. The number of phenolic OH excluding ortho intramolecular Hbond substituents is 1. The van der Waals surface area contributed by atoms with E-state index in [0.29, 0.717) is 5.56 Å². The van der Waals surface area contributed by atoms with Crippen molar-refractivity contribution in [1.29, 1.82) is 5.26 Å². The molecule has 0 unspecified atom stereocenters. The van der Waals surface area contributed by atoms with Gasteiger partial charge in [-0.2, -0.15) is 5.26 Å². The van der Waals surface area contributed by atoms with E-state index in [9.17, 15) is 5.11 Å². The predicted molar refractivity (Wildman–Crippen MR) is 53.1 cm³/mol. The SMILES string of the molecule is C[C@@H](N)c1c(Br)ccc(C#N)c1O. The average Bonchev–Trinajstić information content (AvgIpc) is 2.04. The zero-order valence-electron chi connectivity index (χ0n) is 7.08. The van der Waals surface area contributed by atoms with Crippen molar-refractivity contribution in [2.75, 3.05) is 0 Å². The molecule has 0 spiro atoms. The van der Waals surface area contributed by atoms with E-state index in [-0.39, 0.29) is 17.4 Å². The number of nitrogens with two attached hydrogens (primary N) is 1. The highest BCUT2D eigenvalue weighted by molar-refractivity contribution is 9.10. The summed E-state index contributed by atoms with van der Waals surface area (Å²) in [6.45, 7) is 1.75. The van der Waals surface area contributed by atoms with Crippen LogP contribution in [0.2, 0.25) is 0 Å². The predicted octanol–water partition coefficient (Wildman–Crippen LogP) is 2.05. The van der Waals surface area contributed by atoms with Crippen LogP contribution in [0.15, 0.2) is 16.6 Å². The molecule has 0 aliphatic heterocycles. The van der Waals surface area contributed by atoms with E-state index < -0.39 is 0 Å². The molecule has 0 heterocycles. The molecule has 1 aromatic carbocycles. The van der Waals surface area contributed by atoms with Crippen molar-refractivity contribution in [2.24, 2.45) is 5.73 Å². The number of benzene rings is 1. The summed E-state index contributed by atoms with van der Waals surface area (Å²) >= 11 is 3.26. The van der Waals surface area contributed by atoms with Crippen LogP contribution in [0.4, 0.5) is 0 Å². The van der Waals surface area contributed by atoms with E-state index >= 15 is 0 Å². The summed E-state index contributed by atoms with van der Waals surface area (Å²) in [7, 11) is 0. The largest absolute Gasteiger partial charge is 0.506 e. The molecule has 0 saturated carbocycles. The summed E-state index contributed by atoms with van der Waals surface area (Å²) < 4.78 is 0.721. The maximum Gasteiger partial charge on any atom is 0.139 e. The fourth-order valence-corrected chi connectivity index (χ4v) is 1.79. The van der Waals surface area contributed by atoms with Crippen molar-refractivity contribution in [2.45, 2.75) is 13.0 Å². The van der Waals surface area contributed by atoms with Crippen LogP contribution in [-0.4, -0.2) is 5.11 Å². The number of nitrogens with zero attached hydrogens (tertiary/aromatic N) is 1. The third-order valence-corrected chi connectivity index (χ3v) is 2.43. The number of rotatable bonds is 1. The lowest BCUT2D eigenvalue weighted by Gasteiger charge is -2.11. The van der Waals surface area contributed by atoms with E-state index in [1.807, 2.05) is 6.07 Å². The Morgan fingerprint density at radius 3 is 2.69 bits per heavy atom. The summed E-state index contributed by atoms with van der Waals surface area (Å²) in [6.07, 6.45) is 0. The summed E-state index contributed by atoms with van der Waals surface area (Å²) in [5, 5.41) is 18.3. The molecule has 1 atom stereocenters. The van der Waals surface area contributed by atoms with Gasteiger partial charge in [0.25, 0.3) is 0 Å². The van der Waals surface area contributed by atoms with Gasteiger partial charge in [-0.3, -0.25) is 0 Å². The molecule has 3 N–H and O–H groups in total. The maximum atomic E-state index is 9.61. The third-order valence-electron chi connectivity index (χ3n) is 1.74. The second-order valence-corrected chi connectivity index (χ2v) is 3.61. The smallest absolute Gasteiger partial charge is 0.139 e. The molecular weight excluding hydrogens is 232 g/mol. The van der Waals surface area contributed by atoms with Crippen LogP contribution in [0.5, 0.6) is 5.75 Å². The van der Waals surface area contributed by atoms with Gasteiger partial charge in [-0.15, -0.1) is 0 Å². The molecule has 0 saturated heterocycles. The zero-order valence-corrected chi connectivity index (χ0v) is 8.67. The molecule has 0 aromatic heterocycles. The minimum absolute atomic E-state index is 0.0353. The summed E-state index contributed by atoms with van der Waals surface area (Å²) in [5.74, 6) is -0.0353. The molecule has 3 nitrogen and oxygen atoms in total. The van der Waals surface area contributed by atoms with Gasteiger partial charge in [-0.1, -0.05) is 15.9 Å². The molecule has 4 heteroatoms. The molecule has 13 heavy (non-hydrogen) atoms. The fourth-order valence-electron chi connectivity index (χ4n) is 1.11. The lowest BCUT2D eigenvalue weighted by Crippen LogP contribution is -2.06. The zero-order chi connectivity index (χ0) is 10.0. The summed E-state index contributed by atoms with van der Waals surface area (Å²) in [6, 6.07) is 4.84. The standard InChI is InChI=1S/C9H9BrN2O/c1-5(12)8-7(10)3-2-6(4-11)9(8)13/h2-3,5,13H,12H2,1H3/t5-/m1/s1. The molecular formula is C9H9BrN2O. The van der Waals surface area contributed by atoms with Gasteiger partial charge in [0.15, 0.2) is 0 Å². The molecule has 68 valence electrons. The number of hydrogen-bond donors (Lipinski definition) is 2. The van der Waals surface area contributed by atoms with Gasteiger partial charge in [-0.05, 0) is 19.1 Å². The topological polar surface area (TPSA) is 70.0 Å². The van der Waals surface area contributed by atoms with E-state index in [1.54, 1.807) is 19.1 Å². The van der Waals surface area contributed by atoms with Gasteiger partial charge in [0.2, 0.25) is 0 Å². The number of hydrogen-bond acceptors (Lipinski definition) is 3. The minimum atomic E-state index is -0.303. The van der Waals surface area contributed by atoms with E-state index in [2.05, 4.69) is 15.9 Å². The van der Waals surface area contributed by atoms with Gasteiger partial charge in [0.1, 0.15) is 11.8 Å². The first kappa shape index (κ1) is 10.0. The third kappa shape index (κ3) is 1.82. The Morgan fingerprint density at radius 1 is 1.62 bits per heavy atom. The van der Waals surface area contributed by atoms with E-state index in [1.165, 1.54) is 0 Å². The second-order valence-electron chi connectivity index (χ2n) is 2.76. The van der Waals surface area contributed by atoms with Crippen LogP contribution in [0.3, 0.4) is 0 Å². The maximum absolute atomic E-state index is 9.61. The van der Waals surface area contributed by atoms with Crippen molar-refractivity contribution in [1.82, 2.24) is 0 Å². The van der Waals surface area contributed by atoms with Crippen molar-refractivity contribution in [3.8, 4) is 11.8 Å². The van der Waals surface area contributed by atoms with Gasteiger partial charge in [0, 0.05) is 16.1 Å². The lowest BCUT2D eigenvalue weighted by molar-refractivity contribution is 0.461. The van der Waals surface area contributed by atoms with Gasteiger partial charge in [-0.25, -0.2) is 0 Å². The minimum Gasteiger partial charge on any atom is -0.506 e. The highest BCUT2D eigenvalue weighted by Crippen LogP contribution is 2.33. The molecule has 0 aliphatic carbocycles. The Bertz CT molecular complexity index is 369. The number of nitriles is 1. The first-order valence-electron chi connectivity index (χ1n) is 3.75. The average molecular weight is 241 g/mol. The lowest BCUT2D eigenvalue weighted by atomic mass is 10.0. The number of halogens is 1. The molecule has 1 rings (SSSR count). The van der Waals surface area contributed by atoms with Crippen molar-refractivity contribution in [3.63, 3.8) is 0 Å². The molecule has 0 bridgehead atoms. The van der Waals surface area contributed by atoms with Crippen LogP contribution in [0.1, 0.15) is 24.1 Å². The van der Waals surface area contributed by atoms with Gasteiger partial charge >= 0.3 is 0 Å². The molecule has 1 aromatic rings. The highest BCUT2D eigenvalue weighted by atomic mass is 79.9. The van der Waals surface area contributed by atoms with E-state index in [0.717, 1.165) is 4.47 Å². The number of aromatic hydroxyl groups is 1. The van der Waals surface area contributed by atoms with Crippen molar-refractivity contribution in [3.05, 3.63) is 27.7 Å². The van der Waals surface area contributed by atoms with Crippen LogP contribution < -0.4 is 5.73 Å². The Balaban J connectivity index is 3.41. The van der Waals surface area contributed by atoms with Crippen LogP contribution in [0, 0.1) is 11.3 Å². The Hall–Kier alpha value is -1.05. The van der Waals surface area contributed by atoms with Crippen LogP contribution in [-0.2, 0) is 0 Å². The molecule has 0 radical (unpaired) electrons. The van der Waals surface area contributed by atoms with E-state index in [4.69, 9.17) is 11.0 Å². The second kappa shape index (κ2) is 3.77. The Morgan fingerprint density at radius 2 is 2.23 bits per heavy atom. The van der Waals surface area contributed by atoms with Crippen LogP contribution in [0.25, 0.3) is 0 Å². The molecule has 0 amide bonds. The van der Waals surface area contributed by atoms with Gasteiger partial charge < -0.3 is 10.8 Å². The quantitative estimate of drug-likeness (QED) is 0.790. The summed E-state index contributed by atoms with van der Waals surface area (Å²) in [4.78, 5) is 0. The fraction of sp³-hybridized carbons (Fsp3) is 0.222. The molecule has 0 fully saturated rings. The highest BCUT2D eigenvalue weighted by Gasteiger charge is 2.13. The van der Waals surface area contributed by atoms with Crippen molar-refractivity contribution >= 4 is 15.9 Å². The normalized spacial score (nSPS) is 12.2.